The predicted octanol–water partition coefficient (Wildman–Crippen LogP) is 3.78. The van der Waals surface area contributed by atoms with Crippen LogP contribution in [-0.2, 0) is 24.8 Å². The van der Waals surface area contributed by atoms with Crippen LogP contribution >= 0.6 is 0 Å². The van der Waals surface area contributed by atoms with Crippen LogP contribution in [-0.4, -0.2) is 101 Å². The molecule has 1 aromatic rings. The summed E-state index contributed by atoms with van der Waals surface area (Å²) in [7, 11) is -6.43. The number of nitrogens with one attached hydrogen (secondary N) is 1. The van der Waals surface area contributed by atoms with Gasteiger partial charge in [0.25, 0.3) is 0 Å². The maximum atomic E-state index is 14.2. The van der Waals surface area contributed by atoms with Crippen molar-refractivity contribution in [2.24, 2.45) is 17.8 Å². The zero-order chi connectivity index (χ0) is 32.1. The zero-order valence-electron chi connectivity index (χ0n) is 26.4. The molecule has 3 heterocycles. The van der Waals surface area contributed by atoms with E-state index in [1.165, 1.54) is 33.3 Å². The highest BCUT2D eigenvalue weighted by atomic mass is 32.2. The largest absolute Gasteiger partial charge is 0.353 e. The second-order valence-electron chi connectivity index (χ2n) is 13.2. The number of carbonyl (C=O) groups is 1. The van der Waals surface area contributed by atoms with Gasteiger partial charge in [-0.3, -0.25) is 4.79 Å². The quantitative estimate of drug-likeness (QED) is 0.366. The molecule has 0 aliphatic carbocycles. The zero-order valence-corrected chi connectivity index (χ0v) is 28.0. The Morgan fingerprint density at radius 1 is 0.818 bits per heavy atom. The first kappa shape index (κ1) is 35.2. The van der Waals surface area contributed by atoms with Gasteiger partial charge in [0.2, 0.25) is 26.0 Å². The number of rotatable bonds is 12. The summed E-state index contributed by atoms with van der Waals surface area (Å²) in [5.41, 5.74) is 0.634. The molecule has 0 radical (unpaired) electrons. The molecule has 1 aromatic carbocycles. The number of likely N-dealkylation sites (tertiary alicyclic amines) is 1. The van der Waals surface area contributed by atoms with E-state index in [0.29, 0.717) is 56.9 Å². The van der Waals surface area contributed by atoms with Crippen molar-refractivity contribution in [2.45, 2.75) is 76.7 Å². The topological polar surface area (TPSA) is 107 Å². The smallest absolute Gasteiger partial charge is 0.220 e. The molecule has 3 saturated heterocycles. The second kappa shape index (κ2) is 15.3. The molecule has 0 saturated carbocycles. The Morgan fingerprint density at radius 3 is 1.80 bits per heavy atom. The summed E-state index contributed by atoms with van der Waals surface area (Å²) >= 11 is 0. The lowest BCUT2D eigenvalue weighted by Crippen LogP contribution is -2.46. The summed E-state index contributed by atoms with van der Waals surface area (Å²) in [6.07, 6.45) is 9.09. The fraction of sp³-hybridized carbons (Fsp3) is 0.774. The Morgan fingerprint density at radius 2 is 1.32 bits per heavy atom. The molecule has 2 atom stereocenters. The second-order valence-corrected chi connectivity index (χ2v) is 17.1. The number of piperidine rings is 3. The lowest BCUT2D eigenvalue weighted by atomic mass is 9.78. The molecule has 9 nitrogen and oxygen atoms in total. The fourth-order valence-corrected chi connectivity index (χ4v) is 9.29. The third-order valence-corrected chi connectivity index (χ3v) is 12.8. The molecule has 1 amide bonds. The maximum absolute atomic E-state index is 14.2. The number of nitrogens with zero attached hydrogens (tertiary/aromatic N) is 3. The van der Waals surface area contributed by atoms with Crippen molar-refractivity contribution in [3.8, 4) is 0 Å². The molecule has 0 bridgehead atoms. The minimum absolute atomic E-state index is 0.0643. The number of sulfonamides is 2. The van der Waals surface area contributed by atoms with Gasteiger partial charge in [0.05, 0.1) is 12.5 Å². The Balaban J connectivity index is 1.25. The first-order chi connectivity index (χ1) is 20.7. The number of hydrogen-bond donors (Lipinski definition) is 1. The number of carbonyl (C=O) groups excluding carboxylic acids is 1. The molecule has 250 valence electrons. The molecular weight excluding hydrogens is 610 g/mol. The van der Waals surface area contributed by atoms with Crippen molar-refractivity contribution in [1.82, 2.24) is 18.8 Å². The van der Waals surface area contributed by atoms with E-state index in [9.17, 15) is 30.4 Å². The van der Waals surface area contributed by atoms with E-state index in [-0.39, 0.29) is 29.7 Å². The standard InChI is InChI=1S/C31H50F2N4O5S2/c1-4-23(24-5-15-36(16-6-24)43(2,39)40)21-31(38)34-29-9-12-35(13-10-29)14-11-30(26-19-27(32)22-28(33)20-26)25-7-17-37(18-8-25)44(3,41)42/h19-20,22-25,29-30H,4-18,21H2,1-3H3,(H,34,38). The molecule has 44 heavy (non-hydrogen) atoms. The molecule has 4 rings (SSSR count). The first-order valence-electron chi connectivity index (χ1n) is 16.1. The van der Waals surface area contributed by atoms with Gasteiger partial charge in [0.15, 0.2) is 0 Å². The highest BCUT2D eigenvalue weighted by Gasteiger charge is 2.33. The van der Waals surface area contributed by atoms with Gasteiger partial charge in [0, 0.05) is 57.8 Å². The predicted molar refractivity (Wildman–Crippen MR) is 168 cm³/mol. The molecule has 0 aromatic heterocycles. The third kappa shape index (κ3) is 9.91. The van der Waals surface area contributed by atoms with E-state index in [0.717, 1.165) is 64.2 Å². The molecular formula is C31H50F2N4O5S2. The van der Waals surface area contributed by atoms with Crippen LogP contribution in [0, 0.1) is 29.4 Å². The number of benzene rings is 1. The van der Waals surface area contributed by atoms with Crippen molar-refractivity contribution in [3.63, 3.8) is 0 Å². The summed E-state index contributed by atoms with van der Waals surface area (Å²) in [5, 5.41) is 3.24. The molecule has 1 N–H and O–H groups in total. The van der Waals surface area contributed by atoms with Crippen molar-refractivity contribution < 1.29 is 30.4 Å². The van der Waals surface area contributed by atoms with Gasteiger partial charge in [-0.05, 0) is 92.9 Å². The summed E-state index contributed by atoms with van der Waals surface area (Å²) in [6, 6.07) is 3.82. The average molecular weight is 661 g/mol. The monoisotopic (exact) mass is 660 g/mol. The van der Waals surface area contributed by atoms with Crippen LogP contribution in [0.25, 0.3) is 0 Å². The Kier molecular flexibility index (Phi) is 12.2. The fourth-order valence-electron chi connectivity index (χ4n) is 7.54. The van der Waals surface area contributed by atoms with Crippen LogP contribution in [0.4, 0.5) is 8.78 Å². The van der Waals surface area contributed by atoms with Crippen molar-refractivity contribution in [2.75, 3.05) is 58.3 Å². The van der Waals surface area contributed by atoms with Gasteiger partial charge in [-0.15, -0.1) is 0 Å². The van der Waals surface area contributed by atoms with Crippen LogP contribution in [0.15, 0.2) is 18.2 Å². The Labute approximate surface area is 262 Å². The van der Waals surface area contributed by atoms with E-state index in [1.807, 2.05) is 0 Å². The summed E-state index contributed by atoms with van der Waals surface area (Å²) in [6.45, 7) is 6.39. The van der Waals surface area contributed by atoms with Crippen LogP contribution in [0.5, 0.6) is 0 Å². The summed E-state index contributed by atoms with van der Waals surface area (Å²) in [5.74, 6) is -0.478. The molecule has 13 heteroatoms. The van der Waals surface area contributed by atoms with E-state index < -0.39 is 31.7 Å². The Hall–Kier alpha value is -1.67. The highest BCUT2D eigenvalue weighted by Crippen LogP contribution is 2.37. The average Bonchev–Trinajstić information content (AvgIpc) is 2.96. The summed E-state index contributed by atoms with van der Waals surface area (Å²) < 4.78 is 79.1. The van der Waals surface area contributed by atoms with Gasteiger partial charge < -0.3 is 10.2 Å². The van der Waals surface area contributed by atoms with E-state index in [1.54, 1.807) is 0 Å². The van der Waals surface area contributed by atoms with E-state index in [2.05, 4.69) is 17.1 Å². The SMILES string of the molecule is CCC(CC(=O)NC1CCN(CCC(c2cc(F)cc(F)c2)C2CCN(S(C)(=O)=O)CC2)CC1)C1CCN(S(C)(=O)=O)CC1. The lowest BCUT2D eigenvalue weighted by molar-refractivity contribution is -0.123. The molecule has 3 aliphatic heterocycles. The molecule has 0 spiro atoms. The van der Waals surface area contributed by atoms with Gasteiger partial charge in [-0.1, -0.05) is 13.3 Å². The molecule has 2 unspecified atom stereocenters. The summed E-state index contributed by atoms with van der Waals surface area (Å²) in [4.78, 5) is 15.3. The molecule has 3 aliphatic rings. The normalized spacial score (nSPS) is 22.6. The van der Waals surface area contributed by atoms with Gasteiger partial charge >= 0.3 is 0 Å². The van der Waals surface area contributed by atoms with Gasteiger partial charge in [0.1, 0.15) is 11.6 Å². The molecule has 3 fully saturated rings. The highest BCUT2D eigenvalue weighted by molar-refractivity contribution is 7.88. The van der Waals surface area contributed by atoms with Crippen LogP contribution in [0.1, 0.15) is 76.2 Å². The van der Waals surface area contributed by atoms with Crippen molar-refractivity contribution in [1.29, 1.82) is 0 Å². The van der Waals surface area contributed by atoms with E-state index >= 15 is 0 Å². The van der Waals surface area contributed by atoms with Crippen LogP contribution in [0.2, 0.25) is 0 Å². The lowest BCUT2D eigenvalue weighted by Gasteiger charge is -2.37. The van der Waals surface area contributed by atoms with Crippen molar-refractivity contribution >= 4 is 26.0 Å². The van der Waals surface area contributed by atoms with Crippen molar-refractivity contribution in [3.05, 3.63) is 35.4 Å². The van der Waals surface area contributed by atoms with Gasteiger partial charge in [-0.25, -0.2) is 34.2 Å². The minimum Gasteiger partial charge on any atom is -0.353 e. The number of amides is 1. The van der Waals surface area contributed by atoms with E-state index in [4.69, 9.17) is 0 Å². The van der Waals surface area contributed by atoms with Gasteiger partial charge in [-0.2, -0.15) is 0 Å². The third-order valence-electron chi connectivity index (χ3n) is 10.2. The Bertz CT molecular complexity index is 1300. The first-order valence-corrected chi connectivity index (χ1v) is 19.8. The number of halogens is 2. The minimum atomic E-state index is -3.26. The number of hydrogen-bond acceptors (Lipinski definition) is 6. The maximum Gasteiger partial charge on any atom is 0.220 e. The van der Waals surface area contributed by atoms with Crippen LogP contribution in [0.3, 0.4) is 0 Å². The van der Waals surface area contributed by atoms with Crippen LogP contribution < -0.4 is 5.32 Å².